The van der Waals surface area contributed by atoms with E-state index in [0.29, 0.717) is 58.7 Å². The molecular formula is C49H48Cl5N9O6. The number of halogens is 5. The molecule has 360 valence electrons. The van der Waals surface area contributed by atoms with Gasteiger partial charge in [0.2, 0.25) is 0 Å². The summed E-state index contributed by atoms with van der Waals surface area (Å²) >= 11 is 29.1. The molecule has 0 bridgehead atoms. The molecule has 0 aliphatic carbocycles. The van der Waals surface area contributed by atoms with E-state index in [4.69, 9.17) is 72.2 Å². The highest BCUT2D eigenvalue weighted by molar-refractivity contribution is 6.34. The molecule has 3 amide bonds. The third kappa shape index (κ3) is 15.9. The van der Waals surface area contributed by atoms with Gasteiger partial charge in [-0.2, -0.15) is 0 Å². The summed E-state index contributed by atoms with van der Waals surface area (Å²) in [6.45, 7) is 8.95. The highest BCUT2D eigenvalue weighted by Crippen LogP contribution is 2.25. The van der Waals surface area contributed by atoms with Crippen molar-refractivity contribution < 1.29 is 28.6 Å². The minimum atomic E-state index is -0.292. The first-order valence-electron chi connectivity index (χ1n) is 21.9. The van der Waals surface area contributed by atoms with Crippen LogP contribution >= 0.6 is 58.0 Å². The van der Waals surface area contributed by atoms with E-state index in [1.165, 1.54) is 24.3 Å². The third-order valence-corrected chi connectivity index (χ3v) is 11.6. The van der Waals surface area contributed by atoms with Gasteiger partial charge in [-0.25, -0.2) is 15.0 Å². The smallest absolute Gasteiger partial charge is 0.255 e. The minimum Gasteiger partial charge on any atom is -0.371 e. The van der Waals surface area contributed by atoms with Gasteiger partial charge in [-0.15, -0.1) is 0 Å². The number of amides is 3. The van der Waals surface area contributed by atoms with Crippen LogP contribution in [0.25, 0.3) is 0 Å². The van der Waals surface area contributed by atoms with Crippen molar-refractivity contribution in [3.05, 3.63) is 174 Å². The van der Waals surface area contributed by atoms with Crippen LogP contribution < -0.4 is 31.9 Å². The molecule has 3 fully saturated rings. The molecule has 9 rings (SSSR count). The Kier molecular flexibility index (Phi) is 19.1. The van der Waals surface area contributed by atoms with Crippen LogP contribution in [0.5, 0.6) is 0 Å². The van der Waals surface area contributed by atoms with Crippen LogP contribution in [0, 0.1) is 6.92 Å². The van der Waals surface area contributed by atoms with Crippen LogP contribution in [-0.2, 0) is 14.2 Å². The normalized spacial score (nSPS) is 17.7. The SMILES string of the molecule is Cc1cc(C(=O)Nc2ccc(C3CNCCO3)cc2)cc(Cl)n1.O=C(Nc1ccc([C@@H]2CNCCO2)cc1)c1cc(Cl)nc(Cl)c1.O=C(Nc1ccc([C@H]2CNCCO2)cc1)c1cc(Cl)nc(Cl)c1. The van der Waals surface area contributed by atoms with Crippen molar-refractivity contribution in [3.8, 4) is 0 Å². The van der Waals surface area contributed by atoms with Crippen LogP contribution in [0.1, 0.15) is 71.8 Å². The van der Waals surface area contributed by atoms with E-state index in [-0.39, 0.29) is 56.6 Å². The number of nitrogens with zero attached hydrogens (tertiary/aromatic N) is 3. The summed E-state index contributed by atoms with van der Waals surface area (Å²) in [5.41, 5.74) is 7.27. The van der Waals surface area contributed by atoms with Crippen LogP contribution in [0.3, 0.4) is 0 Å². The highest BCUT2D eigenvalue weighted by atomic mass is 35.5. The molecule has 3 saturated heterocycles. The lowest BCUT2D eigenvalue weighted by molar-refractivity contribution is 0.0276. The van der Waals surface area contributed by atoms with Crippen molar-refractivity contribution in [1.82, 2.24) is 30.9 Å². The summed E-state index contributed by atoms with van der Waals surface area (Å²) in [4.78, 5) is 48.4. The first kappa shape index (κ1) is 51.6. The lowest BCUT2D eigenvalue weighted by Crippen LogP contribution is -2.33. The van der Waals surface area contributed by atoms with Gasteiger partial charge in [0, 0.05) is 78.7 Å². The maximum Gasteiger partial charge on any atom is 0.255 e. The average molecular weight is 1040 g/mol. The topological polar surface area (TPSA) is 190 Å². The lowest BCUT2D eigenvalue weighted by Gasteiger charge is -2.24. The first-order chi connectivity index (χ1) is 33.3. The maximum absolute atomic E-state index is 12.3. The molecule has 0 spiro atoms. The van der Waals surface area contributed by atoms with Crippen molar-refractivity contribution in [2.75, 3.05) is 75.0 Å². The molecule has 6 aromatic rings. The van der Waals surface area contributed by atoms with Gasteiger partial charge in [0.1, 0.15) is 25.8 Å². The van der Waals surface area contributed by atoms with Gasteiger partial charge in [-0.05, 0) is 96.4 Å². The van der Waals surface area contributed by atoms with Gasteiger partial charge < -0.3 is 46.1 Å². The molecule has 6 N–H and O–H groups in total. The van der Waals surface area contributed by atoms with Crippen LogP contribution in [0.4, 0.5) is 17.1 Å². The fourth-order valence-electron chi connectivity index (χ4n) is 7.24. The van der Waals surface area contributed by atoms with Gasteiger partial charge in [-0.3, -0.25) is 14.4 Å². The summed E-state index contributed by atoms with van der Waals surface area (Å²) in [7, 11) is 0. The van der Waals surface area contributed by atoms with Crippen molar-refractivity contribution in [2.24, 2.45) is 0 Å². The number of aromatic nitrogens is 3. The van der Waals surface area contributed by atoms with E-state index < -0.39 is 0 Å². The second-order valence-corrected chi connectivity index (χ2v) is 17.7. The molecule has 0 radical (unpaired) electrons. The summed E-state index contributed by atoms with van der Waals surface area (Å²) in [6.07, 6.45) is 0.160. The van der Waals surface area contributed by atoms with Crippen molar-refractivity contribution >= 4 is 92.8 Å². The summed E-state index contributed by atoms with van der Waals surface area (Å²) in [6, 6.07) is 32.0. The number of aryl methyl sites for hydroxylation is 1. The summed E-state index contributed by atoms with van der Waals surface area (Å²) < 4.78 is 17.1. The van der Waals surface area contributed by atoms with Crippen molar-refractivity contribution in [3.63, 3.8) is 0 Å². The maximum atomic E-state index is 12.3. The number of hydrogen-bond donors (Lipinski definition) is 6. The number of pyridine rings is 3. The Hall–Kier alpha value is -5.27. The van der Waals surface area contributed by atoms with Crippen molar-refractivity contribution in [1.29, 1.82) is 0 Å². The number of benzene rings is 3. The molecular weight excluding hydrogens is 988 g/mol. The minimum absolute atomic E-state index is 0.0475. The molecule has 6 heterocycles. The van der Waals surface area contributed by atoms with Crippen molar-refractivity contribution in [2.45, 2.75) is 25.2 Å². The number of carbonyl (C=O) groups is 3. The molecule has 3 aliphatic heterocycles. The average Bonchev–Trinajstić information content (AvgIpc) is 3.35. The summed E-state index contributed by atoms with van der Waals surface area (Å²) in [5, 5.41) is 19.4. The van der Waals surface area contributed by atoms with E-state index >= 15 is 0 Å². The zero-order valence-electron chi connectivity index (χ0n) is 37.2. The van der Waals surface area contributed by atoms with Crippen LogP contribution in [0.15, 0.2) is 109 Å². The Morgan fingerprint density at radius 2 is 0.725 bits per heavy atom. The molecule has 3 aromatic heterocycles. The van der Waals surface area contributed by atoms with E-state index in [1.807, 2.05) is 72.8 Å². The van der Waals surface area contributed by atoms with E-state index in [1.54, 1.807) is 19.1 Å². The molecule has 69 heavy (non-hydrogen) atoms. The molecule has 3 atom stereocenters. The third-order valence-electron chi connectivity index (χ3n) is 10.6. The number of carbonyl (C=O) groups excluding carboxylic acids is 3. The van der Waals surface area contributed by atoms with E-state index in [2.05, 4.69) is 46.9 Å². The highest BCUT2D eigenvalue weighted by Gasteiger charge is 2.19. The number of ether oxygens (including phenoxy) is 3. The largest absolute Gasteiger partial charge is 0.371 e. The number of rotatable bonds is 9. The predicted molar refractivity (Wildman–Crippen MR) is 270 cm³/mol. The van der Waals surface area contributed by atoms with Gasteiger partial charge in [0.25, 0.3) is 17.7 Å². The number of nitrogens with one attached hydrogen (secondary N) is 6. The number of anilines is 3. The van der Waals surface area contributed by atoms with Gasteiger partial charge in [0.15, 0.2) is 0 Å². The Bertz CT molecular complexity index is 2330. The van der Waals surface area contributed by atoms with Gasteiger partial charge >= 0.3 is 0 Å². The molecule has 3 aromatic carbocycles. The Balaban J connectivity index is 0.000000153. The monoisotopic (exact) mass is 1030 g/mol. The standard InChI is InChI=1S/C17H18ClN3O2.2C16H15Cl2N3O2/c1-11-8-13(9-16(18)20-11)17(22)21-14-4-2-12(3-5-14)15-10-19-6-7-23-15;2*17-14-7-11(8-15(18)21-14)16(22)20-12-3-1-10(2-4-12)13-9-19-5-6-23-13/h2-5,8-9,15,19H,6-7,10H2,1H3,(H,21,22);2*1-4,7-8,13,19H,5-6,9H2,(H,20,22)/t;2*13-/m.10/s1. The fraction of sp³-hybridized carbons (Fsp3) is 0.265. The zero-order valence-corrected chi connectivity index (χ0v) is 40.9. The van der Waals surface area contributed by atoms with Crippen LogP contribution in [-0.4, -0.2) is 91.8 Å². The lowest BCUT2D eigenvalue weighted by atomic mass is 10.1. The fourth-order valence-corrected chi connectivity index (χ4v) is 8.41. The number of morpholine rings is 3. The van der Waals surface area contributed by atoms with E-state index in [0.717, 1.165) is 61.6 Å². The second kappa shape index (κ2) is 25.5. The Labute approximate surface area is 424 Å². The van der Waals surface area contributed by atoms with E-state index in [9.17, 15) is 14.4 Å². The van der Waals surface area contributed by atoms with Gasteiger partial charge in [0.05, 0.1) is 38.1 Å². The summed E-state index contributed by atoms with van der Waals surface area (Å²) in [5.74, 6) is -0.792. The quantitative estimate of drug-likeness (QED) is 0.0754. The Morgan fingerprint density at radius 3 is 0.986 bits per heavy atom. The molecule has 3 aliphatic rings. The predicted octanol–water partition coefficient (Wildman–Crippen LogP) is 9.56. The zero-order chi connectivity index (χ0) is 48.7. The van der Waals surface area contributed by atoms with Gasteiger partial charge in [-0.1, -0.05) is 94.4 Å². The molecule has 15 nitrogen and oxygen atoms in total. The second-order valence-electron chi connectivity index (χ2n) is 15.7. The number of hydrogen-bond acceptors (Lipinski definition) is 12. The first-order valence-corrected chi connectivity index (χ1v) is 23.8. The Morgan fingerprint density at radius 1 is 0.449 bits per heavy atom. The molecule has 0 saturated carbocycles. The molecule has 1 unspecified atom stereocenters. The molecule has 20 heteroatoms. The van der Waals surface area contributed by atoms with Crippen LogP contribution in [0.2, 0.25) is 25.8 Å².